The van der Waals surface area contributed by atoms with Crippen molar-refractivity contribution < 1.29 is 72.5 Å². The lowest BCUT2D eigenvalue weighted by molar-refractivity contribution is -0.346. The molecule has 5 aliphatic rings. The van der Waals surface area contributed by atoms with Crippen LogP contribution in [-0.2, 0) is 47.6 Å². The first-order chi connectivity index (χ1) is 27.1. The summed E-state index contributed by atoms with van der Waals surface area (Å²) in [6.45, 7) is 11.1. The molecule has 0 radical (unpaired) electrons. The Morgan fingerprint density at radius 3 is 2.33 bits per heavy atom. The van der Waals surface area contributed by atoms with Gasteiger partial charge in [-0.2, -0.15) is 0 Å². The SMILES string of the molecule is CC(=O)O[C@H]1C(=O)[C@@]2(C)[C@H]([C@@H]3OC(=O)c4cccc(c4)/C=C/COC(=O)NC(C=C(C)C)[C@@H](O)C(=O)O[C@H]4C[C@]3(O)C(C)(C)C1=C4C)[C@]1(OC(C)=O)CO[C@@H]1C[C@@H]2O. The fraction of sp³-hybridized carbons (Fsp3) is 0.571. The molecule has 6 rings (SSSR count). The van der Waals surface area contributed by atoms with E-state index in [4.69, 9.17) is 28.4 Å². The highest BCUT2D eigenvalue weighted by Crippen LogP contribution is 2.64. The zero-order chi connectivity index (χ0) is 42.7. The second-order valence-electron chi connectivity index (χ2n) is 16.8. The van der Waals surface area contributed by atoms with E-state index in [0.29, 0.717) is 11.1 Å². The van der Waals surface area contributed by atoms with Crippen LogP contribution in [-0.4, -0.2) is 118 Å². The third-order valence-electron chi connectivity index (χ3n) is 12.6. The number of alkyl carbamates (subject to hydrolysis) is 1. The number of ether oxygens (including phenoxy) is 6. The summed E-state index contributed by atoms with van der Waals surface area (Å²) in [5.74, 6) is -6.31. The predicted octanol–water partition coefficient (Wildman–Crippen LogP) is 2.65. The Labute approximate surface area is 335 Å². The number of fused-ring (bicyclic) bond motifs is 8. The van der Waals surface area contributed by atoms with Gasteiger partial charge in [-0.1, -0.05) is 43.7 Å². The third kappa shape index (κ3) is 7.03. The molecular formula is C42H51NO15. The van der Waals surface area contributed by atoms with Crippen LogP contribution >= 0.6 is 0 Å². The molecular weight excluding hydrogens is 758 g/mol. The number of carbonyl (C=O) groups is 6. The van der Waals surface area contributed by atoms with Gasteiger partial charge in [0.25, 0.3) is 0 Å². The summed E-state index contributed by atoms with van der Waals surface area (Å²) in [7, 11) is 0. The van der Waals surface area contributed by atoms with E-state index in [-0.39, 0.29) is 36.3 Å². The number of nitrogens with one attached hydrogen (secondary N) is 1. The fourth-order valence-electron chi connectivity index (χ4n) is 9.63. The minimum absolute atomic E-state index is 0.00393. The van der Waals surface area contributed by atoms with Crippen LogP contribution in [0, 0.1) is 16.7 Å². The number of hydrogen-bond acceptors (Lipinski definition) is 15. The van der Waals surface area contributed by atoms with E-state index in [1.807, 2.05) is 0 Å². The van der Waals surface area contributed by atoms with Crippen molar-refractivity contribution in [3.05, 3.63) is 64.3 Å². The Kier molecular flexibility index (Phi) is 11.3. The average Bonchev–Trinajstić information content (AvgIpc) is 3.13. The standard InChI is InChI=1S/C42H51NO15/c1-20(2)15-26-31(47)37(50)56-27-18-42(52)35(57-36(49)25-13-9-11-24(16-25)12-10-14-53-38(51)43-26)33-40(8,28(46)17-29-41(33,19-54-29)58-23(5)45)34(48)32(55-22(4)44)30(21(27)3)39(42,6)7/h9-13,15-16,26-29,31-33,35,46-47,52H,14,17-19H2,1-8H3,(H,43,51)/b12-10+/t26?,27-,28-,29+,31+,32+,33-,35-,40+,41-,42+/m0/s1. The van der Waals surface area contributed by atoms with Crippen LogP contribution in [0.1, 0.15) is 84.2 Å². The molecule has 0 aromatic heterocycles. The quantitative estimate of drug-likeness (QED) is 0.195. The van der Waals surface area contributed by atoms with E-state index in [1.54, 1.807) is 45.9 Å². The highest BCUT2D eigenvalue weighted by Gasteiger charge is 2.78. The number of aliphatic hydroxyl groups excluding tert-OH is 2. The number of amides is 1. The maximum atomic E-state index is 15.4. The van der Waals surface area contributed by atoms with Crippen molar-refractivity contribution in [1.82, 2.24) is 5.32 Å². The van der Waals surface area contributed by atoms with E-state index < -0.39 is 113 Å². The van der Waals surface area contributed by atoms with Crippen molar-refractivity contribution in [1.29, 1.82) is 0 Å². The van der Waals surface area contributed by atoms with E-state index >= 15 is 4.79 Å². The van der Waals surface area contributed by atoms with Crippen molar-refractivity contribution >= 4 is 41.8 Å². The Hall–Kier alpha value is -4.90. The van der Waals surface area contributed by atoms with Crippen LogP contribution in [0.3, 0.4) is 0 Å². The Balaban J connectivity index is 1.65. The van der Waals surface area contributed by atoms with Crippen molar-refractivity contribution in [2.24, 2.45) is 16.7 Å². The first-order valence-electron chi connectivity index (χ1n) is 19.2. The molecule has 2 aliphatic heterocycles. The molecule has 5 bridgehead atoms. The summed E-state index contributed by atoms with van der Waals surface area (Å²) in [4.78, 5) is 82.6. The number of esters is 4. The maximum absolute atomic E-state index is 15.4. The van der Waals surface area contributed by atoms with Crippen LogP contribution < -0.4 is 5.32 Å². The number of hydrogen-bond donors (Lipinski definition) is 4. The molecule has 16 heteroatoms. The van der Waals surface area contributed by atoms with E-state index in [2.05, 4.69) is 5.32 Å². The lowest BCUT2D eigenvalue weighted by Gasteiger charge is -2.67. The third-order valence-corrected chi connectivity index (χ3v) is 12.6. The lowest BCUT2D eigenvalue weighted by Crippen LogP contribution is -2.82. The zero-order valence-corrected chi connectivity index (χ0v) is 33.7. The number of ketones is 1. The lowest BCUT2D eigenvalue weighted by atomic mass is 9.44. The second-order valence-corrected chi connectivity index (χ2v) is 16.8. The number of Topliss-reactive ketones (excluding diaryl/α,β-unsaturated/α-hetero) is 1. The topological polar surface area (TPSA) is 231 Å². The molecule has 1 unspecified atom stereocenters. The highest BCUT2D eigenvalue weighted by atomic mass is 16.6. The smallest absolute Gasteiger partial charge is 0.408 e. The minimum atomic E-state index is -2.38. The van der Waals surface area contributed by atoms with Gasteiger partial charge in [-0.25, -0.2) is 14.4 Å². The Morgan fingerprint density at radius 1 is 1.00 bits per heavy atom. The summed E-state index contributed by atoms with van der Waals surface area (Å²) < 4.78 is 35.4. The van der Waals surface area contributed by atoms with E-state index in [1.165, 1.54) is 38.1 Å². The summed E-state index contributed by atoms with van der Waals surface area (Å²) in [5, 5.41) is 39.5. The summed E-state index contributed by atoms with van der Waals surface area (Å²) >= 11 is 0. The largest absolute Gasteiger partial charge is 0.456 e. The van der Waals surface area contributed by atoms with Gasteiger partial charge in [0.1, 0.15) is 30.5 Å². The molecule has 314 valence electrons. The van der Waals surface area contributed by atoms with Crippen molar-refractivity contribution in [3.63, 3.8) is 0 Å². The molecule has 1 aromatic rings. The number of aliphatic hydroxyl groups is 3. The molecule has 2 heterocycles. The monoisotopic (exact) mass is 809 g/mol. The molecule has 1 saturated heterocycles. The molecule has 0 spiro atoms. The minimum Gasteiger partial charge on any atom is -0.456 e. The summed E-state index contributed by atoms with van der Waals surface area (Å²) in [6.07, 6.45) is -6.95. The molecule has 58 heavy (non-hydrogen) atoms. The molecule has 4 N–H and O–H groups in total. The van der Waals surface area contributed by atoms with Crippen LogP contribution in [0.2, 0.25) is 0 Å². The van der Waals surface area contributed by atoms with E-state index in [9.17, 15) is 39.3 Å². The molecule has 1 amide bonds. The molecule has 16 nitrogen and oxygen atoms in total. The molecule has 11 atom stereocenters. The van der Waals surface area contributed by atoms with Gasteiger partial charge < -0.3 is 49.1 Å². The van der Waals surface area contributed by atoms with Gasteiger partial charge in [0.05, 0.1) is 35.6 Å². The number of carbonyl (C=O) groups excluding carboxylic acids is 6. The first-order valence-corrected chi connectivity index (χ1v) is 19.2. The fourth-order valence-corrected chi connectivity index (χ4v) is 9.63. The maximum Gasteiger partial charge on any atom is 0.408 e. The van der Waals surface area contributed by atoms with Gasteiger partial charge in [-0.05, 0) is 62.6 Å². The van der Waals surface area contributed by atoms with Crippen LogP contribution in [0.15, 0.2) is 53.1 Å². The number of benzene rings is 1. The number of allylic oxidation sites excluding steroid dienone is 1. The zero-order valence-electron chi connectivity index (χ0n) is 33.7. The Morgan fingerprint density at radius 2 is 1.71 bits per heavy atom. The van der Waals surface area contributed by atoms with Gasteiger partial charge >= 0.3 is 30.0 Å². The van der Waals surface area contributed by atoms with Crippen molar-refractivity contribution in [3.8, 4) is 0 Å². The number of cyclic esters (lactones) is 1. The van der Waals surface area contributed by atoms with Gasteiger partial charge in [0.2, 0.25) is 0 Å². The normalized spacial score (nSPS) is 37.8. The van der Waals surface area contributed by atoms with Crippen LogP contribution in [0.5, 0.6) is 0 Å². The molecule has 2 saturated carbocycles. The van der Waals surface area contributed by atoms with Gasteiger partial charge in [0, 0.05) is 32.1 Å². The Bertz CT molecular complexity index is 2000. The summed E-state index contributed by atoms with van der Waals surface area (Å²) in [6, 6.07) is 4.85. The molecule has 3 aliphatic carbocycles. The highest BCUT2D eigenvalue weighted by molar-refractivity contribution is 5.95. The van der Waals surface area contributed by atoms with E-state index in [0.717, 1.165) is 13.8 Å². The number of rotatable bonds is 3. The van der Waals surface area contributed by atoms with Gasteiger partial charge in [-0.15, -0.1) is 0 Å². The van der Waals surface area contributed by atoms with Crippen molar-refractivity contribution in [2.75, 3.05) is 13.2 Å². The van der Waals surface area contributed by atoms with Crippen molar-refractivity contribution in [2.45, 2.75) is 122 Å². The molecule has 3 fully saturated rings. The van der Waals surface area contributed by atoms with Crippen LogP contribution in [0.25, 0.3) is 6.08 Å². The van der Waals surface area contributed by atoms with Gasteiger partial charge in [0.15, 0.2) is 23.6 Å². The first kappa shape index (κ1) is 42.7. The predicted molar refractivity (Wildman–Crippen MR) is 201 cm³/mol. The van der Waals surface area contributed by atoms with Crippen LogP contribution in [0.4, 0.5) is 4.79 Å². The van der Waals surface area contributed by atoms with Gasteiger partial charge in [-0.3, -0.25) is 14.4 Å². The average molecular weight is 810 g/mol. The second kappa shape index (κ2) is 15.4. The molecule has 1 aromatic carbocycles. The summed E-state index contributed by atoms with van der Waals surface area (Å²) in [5.41, 5.74) is -6.58.